The molecule has 38 heavy (non-hydrogen) atoms. The number of anilines is 1. The zero-order valence-corrected chi connectivity index (χ0v) is 22.1. The molecule has 0 aliphatic carbocycles. The number of methoxy groups -OCH3 is 1. The van der Waals surface area contributed by atoms with Gasteiger partial charge in [0.15, 0.2) is 29.6 Å². The predicted molar refractivity (Wildman–Crippen MR) is 147 cm³/mol. The van der Waals surface area contributed by atoms with Crippen LogP contribution in [-0.4, -0.2) is 45.0 Å². The van der Waals surface area contributed by atoms with Crippen LogP contribution < -0.4 is 29.7 Å². The monoisotopic (exact) mass is 519 g/mol. The minimum atomic E-state index is -0.397. The summed E-state index contributed by atoms with van der Waals surface area (Å²) in [6, 6.07) is 17.6. The minimum absolute atomic E-state index is 0.177. The van der Waals surface area contributed by atoms with Crippen LogP contribution in [0.3, 0.4) is 0 Å². The summed E-state index contributed by atoms with van der Waals surface area (Å²) in [6.45, 7) is 6.60. The van der Waals surface area contributed by atoms with Crippen molar-refractivity contribution in [2.45, 2.75) is 27.2 Å². The van der Waals surface area contributed by atoms with Gasteiger partial charge in [-0.1, -0.05) is 19.1 Å². The predicted octanol–water partition coefficient (Wildman–Crippen LogP) is 4.97. The summed E-state index contributed by atoms with van der Waals surface area (Å²) in [4.78, 5) is 24.9. The van der Waals surface area contributed by atoms with E-state index in [4.69, 9.17) is 18.9 Å². The summed E-state index contributed by atoms with van der Waals surface area (Å²) in [7, 11) is 1.52. The number of carbonyl (C=O) groups excluding carboxylic acids is 2. The molecular weight excluding hydrogens is 486 g/mol. The second kappa shape index (κ2) is 14.3. The molecule has 0 aliphatic heterocycles. The van der Waals surface area contributed by atoms with Crippen LogP contribution in [0, 0.1) is 6.92 Å². The third-order valence-corrected chi connectivity index (χ3v) is 5.20. The van der Waals surface area contributed by atoms with Gasteiger partial charge in [0.2, 0.25) is 0 Å². The van der Waals surface area contributed by atoms with Crippen LogP contribution in [-0.2, 0) is 4.79 Å². The van der Waals surface area contributed by atoms with Crippen LogP contribution >= 0.6 is 0 Å². The molecular formula is C29H33N3O6. The third kappa shape index (κ3) is 8.26. The molecule has 9 nitrogen and oxygen atoms in total. The molecule has 3 aromatic rings. The number of carbonyl (C=O) groups is 2. The topological polar surface area (TPSA) is 107 Å². The van der Waals surface area contributed by atoms with Crippen molar-refractivity contribution >= 4 is 23.7 Å². The Morgan fingerprint density at radius 3 is 2.42 bits per heavy atom. The molecule has 0 spiro atoms. The van der Waals surface area contributed by atoms with Crippen molar-refractivity contribution in [3.63, 3.8) is 0 Å². The van der Waals surface area contributed by atoms with Gasteiger partial charge in [0.25, 0.3) is 11.8 Å². The first-order valence-corrected chi connectivity index (χ1v) is 12.3. The molecule has 0 radical (unpaired) electrons. The fourth-order valence-electron chi connectivity index (χ4n) is 3.43. The highest BCUT2D eigenvalue weighted by Crippen LogP contribution is 2.29. The molecule has 0 aliphatic rings. The van der Waals surface area contributed by atoms with Gasteiger partial charge in [-0.3, -0.25) is 9.59 Å². The number of hydrogen-bond acceptors (Lipinski definition) is 7. The van der Waals surface area contributed by atoms with Crippen LogP contribution in [0.15, 0.2) is 65.8 Å². The Labute approximate surface area is 222 Å². The Morgan fingerprint density at radius 2 is 1.68 bits per heavy atom. The summed E-state index contributed by atoms with van der Waals surface area (Å²) >= 11 is 0. The molecule has 0 saturated heterocycles. The van der Waals surface area contributed by atoms with Crippen molar-refractivity contribution < 1.29 is 28.5 Å². The zero-order chi connectivity index (χ0) is 27.3. The molecule has 200 valence electrons. The van der Waals surface area contributed by atoms with Crippen molar-refractivity contribution in [3.05, 3.63) is 77.4 Å². The number of nitrogens with zero attached hydrogens (tertiary/aromatic N) is 1. The molecule has 0 saturated carbocycles. The van der Waals surface area contributed by atoms with Gasteiger partial charge in [-0.05, 0) is 79.9 Å². The first kappa shape index (κ1) is 28.0. The van der Waals surface area contributed by atoms with E-state index in [0.717, 1.165) is 12.0 Å². The Bertz CT molecular complexity index is 1270. The number of aryl methyl sites for hydroxylation is 1. The van der Waals surface area contributed by atoms with E-state index in [1.54, 1.807) is 36.4 Å². The molecule has 0 unspecified atom stereocenters. The lowest BCUT2D eigenvalue weighted by atomic mass is 10.2. The van der Waals surface area contributed by atoms with Crippen molar-refractivity contribution in [2.24, 2.45) is 5.10 Å². The van der Waals surface area contributed by atoms with Gasteiger partial charge in [0.05, 0.1) is 26.5 Å². The molecule has 3 rings (SSSR count). The van der Waals surface area contributed by atoms with Gasteiger partial charge in [-0.25, -0.2) is 5.43 Å². The fourth-order valence-corrected chi connectivity index (χ4v) is 3.43. The van der Waals surface area contributed by atoms with E-state index in [0.29, 0.717) is 53.0 Å². The molecule has 0 heterocycles. The van der Waals surface area contributed by atoms with Crippen molar-refractivity contribution in [2.75, 3.05) is 32.2 Å². The van der Waals surface area contributed by atoms with E-state index in [1.165, 1.54) is 13.3 Å². The van der Waals surface area contributed by atoms with Crippen molar-refractivity contribution in [1.82, 2.24) is 5.43 Å². The number of nitrogens with one attached hydrogen (secondary N) is 2. The first-order valence-electron chi connectivity index (χ1n) is 12.3. The number of hydrogen-bond donors (Lipinski definition) is 2. The van der Waals surface area contributed by atoms with Crippen molar-refractivity contribution in [3.8, 4) is 23.0 Å². The SMILES string of the molecule is CCCOc1ccc(C(=O)N/N=C/c2ccc(OCC(=O)Nc3cccc(C)c3)c(OCC)c2)cc1OC. The highest BCUT2D eigenvalue weighted by atomic mass is 16.5. The average Bonchev–Trinajstić information content (AvgIpc) is 2.91. The molecule has 9 heteroatoms. The largest absolute Gasteiger partial charge is 0.493 e. The maximum Gasteiger partial charge on any atom is 0.271 e. The van der Waals surface area contributed by atoms with Crippen molar-refractivity contribution in [1.29, 1.82) is 0 Å². The van der Waals surface area contributed by atoms with E-state index >= 15 is 0 Å². The number of benzene rings is 3. The van der Waals surface area contributed by atoms with Crippen LogP contribution in [0.25, 0.3) is 0 Å². The first-order chi connectivity index (χ1) is 18.4. The standard InChI is InChI=1S/C29H33N3O6/c1-5-14-37-24-13-11-22(17-26(24)35-4)29(34)32-30-18-21-10-12-25(27(16-21)36-6-2)38-19-28(33)31-23-9-7-8-20(3)15-23/h7-13,15-18H,5-6,14,19H2,1-4H3,(H,31,33)(H,32,34)/b30-18+. The van der Waals surface area contributed by atoms with Crippen LogP contribution in [0.2, 0.25) is 0 Å². The maximum atomic E-state index is 12.5. The number of amides is 2. The lowest BCUT2D eigenvalue weighted by Gasteiger charge is -2.13. The summed E-state index contributed by atoms with van der Waals surface area (Å²) in [6.07, 6.45) is 2.35. The highest BCUT2D eigenvalue weighted by Gasteiger charge is 2.12. The normalized spacial score (nSPS) is 10.6. The molecule has 3 aromatic carbocycles. The second-order valence-corrected chi connectivity index (χ2v) is 8.26. The van der Waals surface area contributed by atoms with Gasteiger partial charge in [0, 0.05) is 11.3 Å². The van der Waals surface area contributed by atoms with E-state index in [-0.39, 0.29) is 12.5 Å². The fraction of sp³-hybridized carbons (Fsp3) is 0.276. The molecule has 2 N–H and O–H groups in total. The van der Waals surface area contributed by atoms with Gasteiger partial charge in [-0.2, -0.15) is 5.10 Å². The van der Waals surface area contributed by atoms with E-state index in [9.17, 15) is 9.59 Å². The van der Waals surface area contributed by atoms with Gasteiger partial charge in [-0.15, -0.1) is 0 Å². The molecule has 0 aromatic heterocycles. The molecule has 0 atom stereocenters. The summed E-state index contributed by atoms with van der Waals surface area (Å²) in [5.41, 5.74) is 5.31. The van der Waals surface area contributed by atoms with Gasteiger partial charge < -0.3 is 24.3 Å². The average molecular weight is 520 g/mol. The van der Waals surface area contributed by atoms with E-state index in [1.807, 2.05) is 45.0 Å². The Morgan fingerprint density at radius 1 is 0.895 bits per heavy atom. The van der Waals surface area contributed by atoms with Gasteiger partial charge in [0.1, 0.15) is 0 Å². The maximum absolute atomic E-state index is 12.5. The highest BCUT2D eigenvalue weighted by molar-refractivity contribution is 5.95. The van der Waals surface area contributed by atoms with Gasteiger partial charge >= 0.3 is 0 Å². The summed E-state index contributed by atoms with van der Waals surface area (Å²) in [5.74, 6) is 1.25. The molecule has 0 fully saturated rings. The second-order valence-electron chi connectivity index (χ2n) is 8.26. The number of hydrazone groups is 1. The Kier molecular flexibility index (Phi) is 10.5. The molecule has 2 amide bonds. The smallest absolute Gasteiger partial charge is 0.271 e. The van der Waals surface area contributed by atoms with Crippen LogP contribution in [0.4, 0.5) is 5.69 Å². The number of rotatable bonds is 13. The Hall–Kier alpha value is -4.53. The zero-order valence-electron chi connectivity index (χ0n) is 22.1. The molecule has 0 bridgehead atoms. The van der Waals surface area contributed by atoms with Crippen LogP contribution in [0.5, 0.6) is 23.0 Å². The van der Waals surface area contributed by atoms with E-state index in [2.05, 4.69) is 15.8 Å². The Balaban J connectivity index is 1.60. The minimum Gasteiger partial charge on any atom is -0.493 e. The lowest BCUT2D eigenvalue weighted by Crippen LogP contribution is -2.20. The number of ether oxygens (including phenoxy) is 4. The van der Waals surface area contributed by atoms with E-state index < -0.39 is 5.91 Å². The summed E-state index contributed by atoms with van der Waals surface area (Å²) < 4.78 is 22.3. The summed E-state index contributed by atoms with van der Waals surface area (Å²) in [5, 5.41) is 6.85. The third-order valence-electron chi connectivity index (χ3n) is 5.20. The lowest BCUT2D eigenvalue weighted by molar-refractivity contribution is -0.118. The van der Waals surface area contributed by atoms with Crippen LogP contribution in [0.1, 0.15) is 41.8 Å². The quantitative estimate of drug-likeness (QED) is 0.244.